The summed E-state index contributed by atoms with van der Waals surface area (Å²) in [6, 6.07) is 26.1. The van der Waals surface area contributed by atoms with Gasteiger partial charge in [-0.05, 0) is 106 Å². The van der Waals surface area contributed by atoms with E-state index in [1.807, 2.05) is 54.6 Å². The second-order valence-electron chi connectivity index (χ2n) is 7.39. The molecule has 0 saturated heterocycles. The zero-order valence-electron chi connectivity index (χ0n) is 18.0. The van der Waals surface area contributed by atoms with Gasteiger partial charge in [0.15, 0.2) is 0 Å². The van der Waals surface area contributed by atoms with Gasteiger partial charge < -0.3 is 16.0 Å². The molecule has 0 fully saturated rings. The molecule has 1 heterocycles. The average molecular weight is 727 g/mol. The summed E-state index contributed by atoms with van der Waals surface area (Å²) < 4.78 is 1.97. The summed E-state index contributed by atoms with van der Waals surface area (Å²) in [5, 5.41) is 4.02. The van der Waals surface area contributed by atoms with Crippen LogP contribution in [0.3, 0.4) is 0 Å². The van der Waals surface area contributed by atoms with E-state index in [0.29, 0.717) is 22.0 Å². The lowest BCUT2D eigenvalue weighted by molar-refractivity contribution is 0.102. The van der Waals surface area contributed by atoms with E-state index in [0.717, 1.165) is 34.6 Å². The van der Waals surface area contributed by atoms with E-state index >= 15 is 0 Å². The van der Waals surface area contributed by atoms with Crippen molar-refractivity contribution in [3.8, 4) is 11.4 Å². The molecule has 0 atom stereocenters. The Morgan fingerprint density at radius 2 is 1.51 bits per heavy atom. The number of rotatable bonds is 3. The van der Waals surface area contributed by atoms with E-state index in [1.165, 1.54) is 0 Å². The Balaban J connectivity index is 0.000000165. The Morgan fingerprint density at radius 3 is 2.26 bits per heavy atom. The van der Waals surface area contributed by atoms with E-state index in [1.54, 1.807) is 30.3 Å². The first-order valence-electron chi connectivity index (χ1n) is 10.3. The Morgan fingerprint density at radius 1 is 0.857 bits per heavy atom. The van der Waals surface area contributed by atoms with Crippen molar-refractivity contribution in [1.82, 2.24) is 9.97 Å². The van der Waals surface area contributed by atoms with Crippen LogP contribution < -0.4 is 11.1 Å². The van der Waals surface area contributed by atoms with Gasteiger partial charge in [-0.15, -0.1) is 0 Å². The lowest BCUT2D eigenvalue weighted by atomic mass is 10.2. The number of nitrogens with two attached hydrogens (primary N) is 1. The van der Waals surface area contributed by atoms with Crippen molar-refractivity contribution in [3.05, 3.63) is 108 Å². The van der Waals surface area contributed by atoms with Gasteiger partial charge in [0, 0.05) is 22.7 Å². The van der Waals surface area contributed by atoms with Crippen LogP contribution in [0.5, 0.6) is 0 Å². The van der Waals surface area contributed by atoms with Gasteiger partial charge in [0.05, 0.1) is 28.0 Å². The number of carbonyl (C=O) groups is 1. The van der Waals surface area contributed by atoms with E-state index in [2.05, 4.69) is 60.5 Å². The number of nitrogen functional groups attached to an aromatic ring is 1. The maximum atomic E-state index is 12.1. The monoisotopic (exact) mass is 726 g/mol. The average Bonchev–Trinajstić information content (AvgIpc) is 3.28. The lowest BCUT2D eigenvalue weighted by Gasteiger charge is -2.09. The van der Waals surface area contributed by atoms with Crippen molar-refractivity contribution in [3.63, 3.8) is 0 Å². The fourth-order valence-electron chi connectivity index (χ4n) is 3.23. The SMILES string of the molecule is Clc1ccc(I)c(-c2nc3ccccc3[nH]2)c1.Nc1ccccc1NC(=O)c1cc(Cl)ccc1I. The highest BCUT2D eigenvalue weighted by molar-refractivity contribution is 14.1. The largest absolute Gasteiger partial charge is 0.397 e. The van der Waals surface area contributed by atoms with Gasteiger partial charge in [-0.25, -0.2) is 4.98 Å². The van der Waals surface area contributed by atoms with Gasteiger partial charge in [0.2, 0.25) is 0 Å². The van der Waals surface area contributed by atoms with Crippen molar-refractivity contribution in [1.29, 1.82) is 0 Å². The Bertz CT molecular complexity index is 1490. The zero-order valence-corrected chi connectivity index (χ0v) is 23.9. The molecule has 9 heteroatoms. The number of hydrogen-bond donors (Lipinski definition) is 3. The molecule has 0 aliphatic heterocycles. The molecule has 0 bridgehead atoms. The van der Waals surface area contributed by atoms with Crippen molar-refractivity contribution >= 4 is 96.7 Å². The summed E-state index contributed by atoms with van der Waals surface area (Å²) in [6.45, 7) is 0. The highest BCUT2D eigenvalue weighted by Gasteiger charge is 2.12. The summed E-state index contributed by atoms with van der Waals surface area (Å²) in [5.41, 5.74) is 10.5. The number of imidazole rings is 1. The topological polar surface area (TPSA) is 83.8 Å². The number of halogens is 4. The number of nitrogens with zero attached hydrogens (tertiary/aromatic N) is 1. The molecule has 0 aliphatic carbocycles. The van der Waals surface area contributed by atoms with E-state index in [-0.39, 0.29) is 5.91 Å². The number of hydrogen-bond acceptors (Lipinski definition) is 3. The highest BCUT2D eigenvalue weighted by atomic mass is 127. The van der Waals surface area contributed by atoms with Crippen LogP contribution in [0.15, 0.2) is 84.9 Å². The van der Waals surface area contributed by atoms with Crippen molar-refractivity contribution in [2.24, 2.45) is 0 Å². The van der Waals surface area contributed by atoms with Gasteiger partial charge in [0.1, 0.15) is 5.82 Å². The number of para-hydroxylation sites is 4. The third-order valence-electron chi connectivity index (χ3n) is 4.95. The van der Waals surface area contributed by atoms with E-state index in [4.69, 9.17) is 28.9 Å². The quantitative estimate of drug-likeness (QED) is 0.129. The molecule has 4 N–H and O–H groups in total. The normalized spacial score (nSPS) is 10.5. The number of benzene rings is 4. The molecule has 5 aromatic rings. The van der Waals surface area contributed by atoms with Crippen LogP contribution >= 0.6 is 68.4 Å². The number of aromatic nitrogens is 2. The molecule has 5 rings (SSSR count). The summed E-state index contributed by atoms with van der Waals surface area (Å²) in [4.78, 5) is 20.0. The van der Waals surface area contributed by atoms with Crippen LogP contribution in [-0.2, 0) is 0 Å². The predicted octanol–water partition coefficient (Wildman–Crippen LogP) is 8.27. The number of anilines is 2. The summed E-state index contributed by atoms with van der Waals surface area (Å²) in [6.07, 6.45) is 0. The third-order valence-corrected chi connectivity index (χ3v) is 7.31. The molecule has 4 aromatic carbocycles. The number of H-pyrrole nitrogens is 1. The van der Waals surface area contributed by atoms with Crippen LogP contribution in [0.2, 0.25) is 10.0 Å². The van der Waals surface area contributed by atoms with Gasteiger partial charge in [-0.2, -0.15) is 0 Å². The molecule has 0 saturated carbocycles. The van der Waals surface area contributed by atoms with Crippen molar-refractivity contribution < 1.29 is 4.79 Å². The number of amides is 1. The molecular formula is C26H18Cl2I2N4O. The first kappa shape index (κ1) is 25.7. The van der Waals surface area contributed by atoms with E-state index < -0.39 is 0 Å². The lowest BCUT2D eigenvalue weighted by Crippen LogP contribution is -2.14. The van der Waals surface area contributed by atoms with Crippen LogP contribution in [0, 0.1) is 7.14 Å². The molecule has 35 heavy (non-hydrogen) atoms. The fraction of sp³-hybridized carbons (Fsp3) is 0. The molecule has 0 aliphatic rings. The number of carbonyl (C=O) groups excluding carboxylic acids is 1. The zero-order chi connectivity index (χ0) is 24.9. The minimum absolute atomic E-state index is 0.222. The second kappa shape index (κ2) is 11.6. The van der Waals surface area contributed by atoms with Gasteiger partial charge in [-0.1, -0.05) is 47.5 Å². The molecule has 0 radical (unpaired) electrons. The van der Waals surface area contributed by atoms with Gasteiger partial charge in [-0.3, -0.25) is 4.79 Å². The molecular weight excluding hydrogens is 709 g/mol. The Kier molecular flexibility index (Phi) is 8.53. The third kappa shape index (κ3) is 6.46. The van der Waals surface area contributed by atoms with Gasteiger partial charge >= 0.3 is 0 Å². The smallest absolute Gasteiger partial charge is 0.256 e. The summed E-state index contributed by atoms with van der Waals surface area (Å²) in [7, 11) is 0. The molecule has 1 aromatic heterocycles. The Labute approximate surface area is 239 Å². The van der Waals surface area contributed by atoms with Crippen LogP contribution in [0.4, 0.5) is 11.4 Å². The first-order chi connectivity index (χ1) is 16.8. The molecule has 0 unspecified atom stereocenters. The van der Waals surface area contributed by atoms with Gasteiger partial charge in [0.25, 0.3) is 5.91 Å². The summed E-state index contributed by atoms with van der Waals surface area (Å²) in [5.74, 6) is 0.637. The molecule has 1 amide bonds. The molecule has 176 valence electrons. The highest BCUT2D eigenvalue weighted by Crippen LogP contribution is 2.28. The van der Waals surface area contributed by atoms with E-state index in [9.17, 15) is 4.79 Å². The maximum Gasteiger partial charge on any atom is 0.256 e. The molecule has 5 nitrogen and oxygen atoms in total. The maximum absolute atomic E-state index is 12.1. The molecule has 0 spiro atoms. The fourth-order valence-corrected chi connectivity index (χ4v) is 4.75. The Hall–Kier alpha value is -2.34. The predicted molar refractivity (Wildman–Crippen MR) is 162 cm³/mol. The second-order valence-corrected chi connectivity index (χ2v) is 10.6. The minimum atomic E-state index is -0.222. The first-order valence-corrected chi connectivity index (χ1v) is 13.2. The summed E-state index contributed by atoms with van der Waals surface area (Å²) >= 11 is 16.3. The number of aromatic amines is 1. The standard InChI is InChI=1S/C13H10ClIN2O.C13H8ClIN2/c14-8-5-6-10(15)9(7-8)13(18)17-12-4-2-1-3-11(12)16;14-8-5-6-10(15)9(7-8)13-16-11-3-1-2-4-12(11)17-13/h1-7H,16H2,(H,17,18);1-7H,(H,16,17). The number of nitrogens with one attached hydrogen (secondary N) is 2. The van der Waals surface area contributed by atoms with Crippen LogP contribution in [-0.4, -0.2) is 15.9 Å². The van der Waals surface area contributed by atoms with Crippen molar-refractivity contribution in [2.45, 2.75) is 0 Å². The van der Waals surface area contributed by atoms with Crippen LogP contribution in [0.25, 0.3) is 22.4 Å². The van der Waals surface area contributed by atoms with Crippen LogP contribution in [0.1, 0.15) is 10.4 Å². The number of fused-ring (bicyclic) bond motifs is 1. The minimum Gasteiger partial charge on any atom is -0.397 e. The van der Waals surface area contributed by atoms with Crippen molar-refractivity contribution in [2.75, 3.05) is 11.1 Å².